The molecule has 0 saturated heterocycles. The second-order valence-electron chi connectivity index (χ2n) is 12.0. The second kappa shape index (κ2) is 25.3. The number of aliphatic hydroxyl groups is 5. The summed E-state index contributed by atoms with van der Waals surface area (Å²) in [6, 6.07) is 0. The first-order chi connectivity index (χ1) is 22.4. The van der Waals surface area contributed by atoms with Crippen molar-refractivity contribution < 1.29 is 63.1 Å². The van der Waals surface area contributed by atoms with Crippen molar-refractivity contribution in [2.24, 2.45) is 0 Å². The van der Waals surface area contributed by atoms with E-state index >= 15 is 0 Å². The maximum atomic E-state index is 12.6. The number of carbonyl (C=O) groups excluding carboxylic acids is 2. The summed E-state index contributed by atoms with van der Waals surface area (Å²) in [5.41, 5.74) is 0. The molecule has 0 aromatic rings. The van der Waals surface area contributed by atoms with Crippen molar-refractivity contribution in [2.75, 3.05) is 13.2 Å². The van der Waals surface area contributed by atoms with Gasteiger partial charge in [0.25, 0.3) is 0 Å². The van der Waals surface area contributed by atoms with Crippen LogP contribution < -0.4 is 0 Å². The van der Waals surface area contributed by atoms with E-state index < -0.39 is 75.7 Å². The monoisotopic (exact) mass is 694 g/mol. The van der Waals surface area contributed by atoms with Gasteiger partial charge in [0.2, 0.25) is 0 Å². The molecule has 1 saturated carbocycles. The number of hydrogen-bond donors (Lipinski definition) is 6. The van der Waals surface area contributed by atoms with Gasteiger partial charge in [-0.3, -0.25) is 18.6 Å². The number of allylic oxidation sites excluding steroid dienone is 4. The van der Waals surface area contributed by atoms with Crippen molar-refractivity contribution in [3.05, 3.63) is 24.3 Å². The van der Waals surface area contributed by atoms with Gasteiger partial charge in [-0.2, -0.15) is 0 Å². The lowest BCUT2D eigenvalue weighted by molar-refractivity contribution is -0.220. The summed E-state index contributed by atoms with van der Waals surface area (Å²) in [7, 11) is -5.09. The van der Waals surface area contributed by atoms with E-state index in [1.165, 1.54) is 19.3 Å². The normalized spacial score (nSPS) is 25.2. The molecule has 0 amide bonds. The number of phosphoric acid groups is 1. The smallest absolute Gasteiger partial charge is 0.462 e. The van der Waals surface area contributed by atoms with E-state index in [0.717, 1.165) is 57.8 Å². The first kappa shape index (κ1) is 43.4. The highest BCUT2D eigenvalue weighted by Crippen LogP contribution is 2.47. The molecular formula is C33H59O13P. The molecule has 0 aromatic carbocycles. The van der Waals surface area contributed by atoms with Gasteiger partial charge in [0.05, 0.1) is 6.61 Å². The molecule has 0 spiro atoms. The van der Waals surface area contributed by atoms with E-state index in [2.05, 4.69) is 31.2 Å². The Kier molecular flexibility index (Phi) is 23.4. The van der Waals surface area contributed by atoms with Crippen LogP contribution in [-0.2, 0) is 32.7 Å². The summed E-state index contributed by atoms with van der Waals surface area (Å²) in [6.07, 6.45) is 9.44. The van der Waals surface area contributed by atoms with Crippen LogP contribution in [0, 0.1) is 0 Å². The van der Waals surface area contributed by atoms with Crippen molar-refractivity contribution in [1.82, 2.24) is 0 Å². The van der Waals surface area contributed by atoms with Crippen LogP contribution in [0.2, 0.25) is 0 Å². The Balaban J connectivity index is 2.50. The molecule has 1 fully saturated rings. The summed E-state index contributed by atoms with van der Waals surface area (Å²) in [5.74, 6) is -1.15. The SMILES string of the molecule is CCCCC/C=C\C/C=C\CCCCCCCC(=O)OC(COC(=O)CCCCC)COP(=O)(O)OC1C(O)C(O)C(O)C(O)C1O. The van der Waals surface area contributed by atoms with Crippen LogP contribution in [0.3, 0.4) is 0 Å². The van der Waals surface area contributed by atoms with E-state index in [1.807, 2.05) is 6.92 Å². The molecule has 1 rings (SSSR count). The van der Waals surface area contributed by atoms with E-state index in [-0.39, 0.29) is 12.8 Å². The minimum atomic E-state index is -5.09. The molecule has 0 bridgehead atoms. The molecule has 47 heavy (non-hydrogen) atoms. The number of esters is 2. The average molecular weight is 695 g/mol. The van der Waals surface area contributed by atoms with E-state index in [0.29, 0.717) is 12.8 Å². The Morgan fingerprint density at radius 1 is 0.660 bits per heavy atom. The van der Waals surface area contributed by atoms with Gasteiger partial charge in [-0.05, 0) is 44.9 Å². The molecule has 1 aliphatic carbocycles. The Hall–Kier alpha value is -1.67. The number of phosphoric ester groups is 1. The van der Waals surface area contributed by atoms with Gasteiger partial charge in [-0.1, -0.05) is 83.1 Å². The topological polar surface area (TPSA) is 210 Å². The predicted octanol–water partition coefficient (Wildman–Crippen LogP) is 4.16. The van der Waals surface area contributed by atoms with E-state index in [9.17, 15) is 44.6 Å². The fraction of sp³-hybridized carbons (Fsp3) is 0.818. The number of unbranched alkanes of at least 4 members (excludes halogenated alkanes) is 10. The third-order valence-corrected chi connectivity index (χ3v) is 8.78. The molecule has 6 atom stereocenters. The van der Waals surface area contributed by atoms with Crippen LogP contribution in [0.4, 0.5) is 0 Å². The zero-order chi connectivity index (χ0) is 35.1. The summed E-state index contributed by atoms with van der Waals surface area (Å²) >= 11 is 0. The first-order valence-corrected chi connectivity index (χ1v) is 18.6. The van der Waals surface area contributed by atoms with E-state index in [1.54, 1.807) is 0 Å². The van der Waals surface area contributed by atoms with Gasteiger partial charge >= 0.3 is 19.8 Å². The van der Waals surface area contributed by atoms with Crippen LogP contribution in [0.1, 0.15) is 117 Å². The van der Waals surface area contributed by atoms with Crippen molar-refractivity contribution in [3.8, 4) is 0 Å². The summed E-state index contributed by atoms with van der Waals surface area (Å²) < 4.78 is 32.9. The van der Waals surface area contributed by atoms with Gasteiger partial charge < -0.3 is 39.9 Å². The third-order valence-electron chi connectivity index (χ3n) is 7.80. The van der Waals surface area contributed by atoms with E-state index in [4.69, 9.17) is 18.5 Å². The zero-order valence-electron chi connectivity index (χ0n) is 28.1. The van der Waals surface area contributed by atoms with Crippen LogP contribution in [-0.4, -0.2) is 98.3 Å². The quantitative estimate of drug-likeness (QED) is 0.0326. The molecule has 0 heterocycles. The Labute approximate surface area is 279 Å². The second-order valence-corrected chi connectivity index (χ2v) is 13.4. The fourth-order valence-electron chi connectivity index (χ4n) is 4.90. The molecule has 13 nitrogen and oxygen atoms in total. The minimum Gasteiger partial charge on any atom is -0.462 e. The highest BCUT2D eigenvalue weighted by molar-refractivity contribution is 7.47. The lowest BCUT2D eigenvalue weighted by Crippen LogP contribution is -2.64. The maximum absolute atomic E-state index is 12.6. The molecule has 0 aliphatic heterocycles. The number of carbonyl (C=O) groups is 2. The van der Waals surface area contributed by atoms with Gasteiger partial charge in [-0.25, -0.2) is 4.57 Å². The Bertz CT molecular complexity index is 943. The lowest BCUT2D eigenvalue weighted by atomic mass is 9.85. The summed E-state index contributed by atoms with van der Waals surface area (Å²) in [5, 5.41) is 49.6. The highest BCUT2D eigenvalue weighted by Gasteiger charge is 2.51. The lowest BCUT2D eigenvalue weighted by Gasteiger charge is -2.41. The summed E-state index contributed by atoms with van der Waals surface area (Å²) in [4.78, 5) is 34.8. The molecule has 14 heteroatoms. The van der Waals surface area contributed by atoms with Gasteiger partial charge in [0.1, 0.15) is 43.2 Å². The maximum Gasteiger partial charge on any atom is 0.472 e. The van der Waals surface area contributed by atoms with Crippen LogP contribution in [0.5, 0.6) is 0 Å². The summed E-state index contributed by atoms with van der Waals surface area (Å²) in [6.45, 7) is 2.99. The minimum absolute atomic E-state index is 0.0806. The fourth-order valence-corrected chi connectivity index (χ4v) is 5.87. The van der Waals surface area contributed by atoms with Crippen molar-refractivity contribution in [2.45, 2.75) is 159 Å². The molecule has 0 aromatic heterocycles. The molecule has 274 valence electrons. The number of hydrogen-bond acceptors (Lipinski definition) is 12. The number of rotatable bonds is 26. The van der Waals surface area contributed by atoms with Crippen molar-refractivity contribution in [1.29, 1.82) is 0 Å². The Morgan fingerprint density at radius 2 is 1.15 bits per heavy atom. The largest absolute Gasteiger partial charge is 0.472 e. The molecule has 6 N–H and O–H groups in total. The molecular weight excluding hydrogens is 635 g/mol. The Morgan fingerprint density at radius 3 is 1.77 bits per heavy atom. The van der Waals surface area contributed by atoms with Gasteiger partial charge in [-0.15, -0.1) is 0 Å². The van der Waals surface area contributed by atoms with Gasteiger partial charge in [0, 0.05) is 12.8 Å². The first-order valence-electron chi connectivity index (χ1n) is 17.1. The predicted molar refractivity (Wildman–Crippen MR) is 175 cm³/mol. The highest BCUT2D eigenvalue weighted by atomic mass is 31.2. The van der Waals surface area contributed by atoms with Crippen molar-refractivity contribution >= 4 is 19.8 Å². The molecule has 0 radical (unpaired) electrons. The number of ether oxygens (including phenoxy) is 2. The molecule has 1 aliphatic rings. The van der Waals surface area contributed by atoms with Crippen LogP contribution in [0.25, 0.3) is 0 Å². The third kappa shape index (κ3) is 19.2. The molecule has 6 unspecified atom stereocenters. The van der Waals surface area contributed by atoms with Crippen LogP contribution >= 0.6 is 7.82 Å². The average Bonchev–Trinajstić information content (AvgIpc) is 3.04. The standard InChI is InChI=1S/C33H59O13P/c1-3-5-7-8-9-10-11-12-13-14-15-16-17-18-20-22-27(35)45-25(23-43-26(34)21-19-6-4-2)24-44-47(41,42)46-33-31(39)29(37)28(36)30(38)32(33)40/h9-10,12-13,25,28-33,36-40H,3-8,11,14-24H2,1-2H3,(H,41,42)/b10-9-,13-12-. The van der Waals surface area contributed by atoms with Gasteiger partial charge in [0.15, 0.2) is 6.10 Å². The number of aliphatic hydroxyl groups excluding tert-OH is 5. The van der Waals surface area contributed by atoms with Crippen LogP contribution in [0.15, 0.2) is 24.3 Å². The zero-order valence-corrected chi connectivity index (χ0v) is 29.0. The van der Waals surface area contributed by atoms with Crippen molar-refractivity contribution in [3.63, 3.8) is 0 Å².